The molecule has 1 aliphatic rings. The van der Waals surface area contributed by atoms with E-state index in [1.165, 1.54) is 12.1 Å². The number of nitrogens with zero attached hydrogens (tertiary/aromatic N) is 1. The quantitative estimate of drug-likeness (QED) is 0.587. The fourth-order valence-electron chi connectivity index (χ4n) is 3.58. The maximum Gasteiger partial charge on any atom is 0.303 e. The number of carboxylic acid groups (broad SMARTS) is 1. The molecule has 30 heavy (non-hydrogen) atoms. The number of halogens is 1. The van der Waals surface area contributed by atoms with Crippen molar-refractivity contribution < 1.29 is 19.1 Å². The van der Waals surface area contributed by atoms with Gasteiger partial charge >= 0.3 is 5.97 Å². The molecular formula is C24H19FN2O3. The normalized spacial score (nSPS) is 15.6. The Bertz CT molecular complexity index is 1140. The molecule has 0 saturated carbocycles. The van der Waals surface area contributed by atoms with Gasteiger partial charge in [0.1, 0.15) is 11.7 Å². The molecule has 5 nitrogen and oxygen atoms in total. The summed E-state index contributed by atoms with van der Waals surface area (Å²) in [5, 5.41) is 11.7. The second-order valence-electron chi connectivity index (χ2n) is 7.08. The van der Waals surface area contributed by atoms with Crippen molar-refractivity contribution in [3.8, 4) is 0 Å². The van der Waals surface area contributed by atoms with Crippen molar-refractivity contribution in [1.82, 2.24) is 0 Å². The van der Waals surface area contributed by atoms with Crippen LogP contribution in [0.2, 0.25) is 0 Å². The summed E-state index contributed by atoms with van der Waals surface area (Å²) in [7, 11) is 0. The summed E-state index contributed by atoms with van der Waals surface area (Å²) in [6, 6.07) is 20.9. The molecule has 150 valence electrons. The number of fused-ring (bicyclic) bond motifs is 1. The van der Waals surface area contributed by atoms with E-state index in [0.29, 0.717) is 29.1 Å². The monoisotopic (exact) mass is 402 g/mol. The summed E-state index contributed by atoms with van der Waals surface area (Å²) in [6.07, 6.45) is 0.390. The van der Waals surface area contributed by atoms with Gasteiger partial charge in [-0.15, -0.1) is 0 Å². The van der Waals surface area contributed by atoms with Crippen molar-refractivity contribution in [3.63, 3.8) is 0 Å². The maximum atomic E-state index is 13.7. The first-order valence-corrected chi connectivity index (χ1v) is 9.56. The van der Waals surface area contributed by atoms with Crippen molar-refractivity contribution in [3.05, 3.63) is 95.3 Å². The molecule has 0 aliphatic carbocycles. The van der Waals surface area contributed by atoms with E-state index in [-0.39, 0.29) is 12.3 Å². The number of hydrogen-bond donors (Lipinski definition) is 2. The van der Waals surface area contributed by atoms with E-state index in [1.807, 2.05) is 54.6 Å². The molecule has 2 N–H and O–H groups in total. The summed E-state index contributed by atoms with van der Waals surface area (Å²) in [4.78, 5) is 28.6. The van der Waals surface area contributed by atoms with Gasteiger partial charge < -0.3 is 10.4 Å². The third kappa shape index (κ3) is 4.12. The Morgan fingerprint density at radius 3 is 2.60 bits per heavy atom. The smallest absolute Gasteiger partial charge is 0.303 e. The van der Waals surface area contributed by atoms with E-state index in [2.05, 4.69) is 5.32 Å². The van der Waals surface area contributed by atoms with Crippen LogP contribution in [0.15, 0.2) is 77.8 Å². The molecule has 1 atom stereocenters. The molecule has 0 fully saturated rings. The number of aliphatic imine (C=N–C) groups is 1. The van der Waals surface area contributed by atoms with Gasteiger partial charge in [0.25, 0.3) is 0 Å². The number of rotatable bonds is 6. The summed E-state index contributed by atoms with van der Waals surface area (Å²) >= 11 is 0. The third-order valence-electron chi connectivity index (χ3n) is 4.98. The Kier molecular flexibility index (Phi) is 5.39. The van der Waals surface area contributed by atoms with E-state index in [0.717, 1.165) is 11.1 Å². The van der Waals surface area contributed by atoms with Crippen molar-refractivity contribution >= 4 is 29.0 Å². The molecule has 1 aliphatic heterocycles. The molecule has 0 saturated heterocycles. The van der Waals surface area contributed by atoms with Gasteiger partial charge in [-0.25, -0.2) is 4.39 Å². The van der Waals surface area contributed by atoms with Crippen LogP contribution in [0.4, 0.5) is 15.8 Å². The number of para-hydroxylation sites is 1. The van der Waals surface area contributed by atoms with E-state index < -0.39 is 17.7 Å². The van der Waals surface area contributed by atoms with Crippen LogP contribution in [0.1, 0.15) is 29.0 Å². The summed E-state index contributed by atoms with van der Waals surface area (Å²) in [6.45, 7) is 0. The van der Waals surface area contributed by atoms with Gasteiger partial charge in [-0.3, -0.25) is 14.6 Å². The van der Waals surface area contributed by atoms with Crippen molar-refractivity contribution in [2.45, 2.75) is 18.8 Å². The number of nitrogens with one attached hydrogen (secondary N) is 1. The van der Waals surface area contributed by atoms with E-state index in [9.17, 15) is 14.0 Å². The lowest BCUT2D eigenvalue weighted by Crippen LogP contribution is -2.22. The number of amides is 1. The summed E-state index contributed by atoms with van der Waals surface area (Å²) in [5.74, 6) is -2.27. The van der Waals surface area contributed by atoms with Crippen LogP contribution in [0.25, 0.3) is 0 Å². The molecule has 1 amide bonds. The highest BCUT2D eigenvalue weighted by Gasteiger charge is 2.35. The minimum atomic E-state index is -0.871. The first-order chi connectivity index (χ1) is 14.5. The number of carbonyl (C=O) groups is 2. The minimum absolute atomic E-state index is 0.0145. The minimum Gasteiger partial charge on any atom is -0.481 e. The highest BCUT2D eigenvalue weighted by atomic mass is 19.1. The van der Waals surface area contributed by atoms with Crippen LogP contribution >= 0.6 is 0 Å². The van der Waals surface area contributed by atoms with Gasteiger partial charge in [0.15, 0.2) is 0 Å². The van der Waals surface area contributed by atoms with Gasteiger partial charge in [-0.05, 0) is 53.4 Å². The Hall–Kier alpha value is -3.80. The standard InChI is InChI=1S/C24H19FN2O3/c25-17-10-11-19-20(14-17)27-24(30)22(19)23(26-18-7-2-1-3-8-18)16-6-4-5-15(13-16)9-12-21(28)29/h1-8,10-11,13-14,22H,9,12H2,(H,27,30)(H,28,29). The number of benzene rings is 3. The lowest BCUT2D eigenvalue weighted by Gasteiger charge is -2.15. The SMILES string of the molecule is O=C(O)CCc1cccc(C(=Nc2ccccc2)C2C(=O)Nc3cc(F)ccc32)c1. The molecule has 6 heteroatoms. The van der Waals surface area contributed by atoms with Crippen LogP contribution < -0.4 is 5.32 Å². The highest BCUT2D eigenvalue weighted by Crippen LogP contribution is 2.36. The number of hydrogen-bond acceptors (Lipinski definition) is 3. The summed E-state index contributed by atoms with van der Waals surface area (Å²) < 4.78 is 13.7. The predicted molar refractivity (Wildman–Crippen MR) is 113 cm³/mol. The highest BCUT2D eigenvalue weighted by molar-refractivity contribution is 6.24. The van der Waals surface area contributed by atoms with Crippen molar-refractivity contribution in [1.29, 1.82) is 0 Å². The number of aryl methyl sites for hydroxylation is 1. The zero-order valence-corrected chi connectivity index (χ0v) is 16.0. The Morgan fingerprint density at radius 2 is 1.83 bits per heavy atom. The van der Waals surface area contributed by atoms with E-state index >= 15 is 0 Å². The molecule has 1 unspecified atom stereocenters. The molecule has 1 heterocycles. The number of aliphatic carboxylic acids is 1. The van der Waals surface area contributed by atoms with Gasteiger partial charge in [0.05, 0.1) is 11.4 Å². The van der Waals surface area contributed by atoms with Gasteiger partial charge in [-0.1, -0.05) is 42.5 Å². The lowest BCUT2D eigenvalue weighted by atomic mass is 9.89. The van der Waals surface area contributed by atoms with E-state index in [1.54, 1.807) is 6.07 Å². The average Bonchev–Trinajstić information content (AvgIpc) is 3.06. The van der Waals surface area contributed by atoms with Gasteiger partial charge in [0.2, 0.25) is 5.91 Å². The molecule has 0 aromatic heterocycles. The largest absolute Gasteiger partial charge is 0.481 e. The van der Waals surface area contributed by atoms with Crippen molar-refractivity contribution in [2.24, 2.45) is 4.99 Å². The number of carbonyl (C=O) groups excluding carboxylic acids is 1. The number of carboxylic acids is 1. The van der Waals surface area contributed by atoms with Crippen LogP contribution in [0, 0.1) is 5.82 Å². The molecular weight excluding hydrogens is 383 g/mol. The van der Waals surface area contributed by atoms with E-state index in [4.69, 9.17) is 10.1 Å². The number of anilines is 1. The van der Waals surface area contributed by atoms with Crippen LogP contribution in [0.3, 0.4) is 0 Å². The fourth-order valence-corrected chi connectivity index (χ4v) is 3.58. The topological polar surface area (TPSA) is 78.8 Å². The Labute approximate surface area is 172 Å². The molecule has 4 rings (SSSR count). The molecule has 0 radical (unpaired) electrons. The second kappa shape index (κ2) is 8.29. The molecule has 0 spiro atoms. The Morgan fingerprint density at radius 1 is 1.03 bits per heavy atom. The second-order valence-corrected chi connectivity index (χ2v) is 7.08. The first kappa shape index (κ1) is 19.5. The maximum absolute atomic E-state index is 13.7. The zero-order valence-electron chi connectivity index (χ0n) is 16.0. The third-order valence-corrected chi connectivity index (χ3v) is 4.98. The first-order valence-electron chi connectivity index (χ1n) is 9.56. The van der Waals surface area contributed by atoms with Crippen LogP contribution in [-0.4, -0.2) is 22.7 Å². The molecule has 3 aromatic rings. The Balaban J connectivity index is 1.81. The molecule has 0 bridgehead atoms. The fraction of sp³-hybridized carbons (Fsp3) is 0.125. The van der Waals surface area contributed by atoms with Crippen LogP contribution in [0.5, 0.6) is 0 Å². The lowest BCUT2D eigenvalue weighted by molar-refractivity contribution is -0.137. The van der Waals surface area contributed by atoms with Crippen LogP contribution in [-0.2, 0) is 16.0 Å². The molecule has 3 aromatic carbocycles. The van der Waals surface area contributed by atoms with Gasteiger partial charge in [0, 0.05) is 12.1 Å². The summed E-state index contributed by atoms with van der Waals surface area (Å²) in [5.41, 5.74) is 3.88. The van der Waals surface area contributed by atoms with Gasteiger partial charge in [-0.2, -0.15) is 0 Å². The average molecular weight is 402 g/mol. The zero-order chi connectivity index (χ0) is 21.1. The van der Waals surface area contributed by atoms with Crippen molar-refractivity contribution in [2.75, 3.05) is 5.32 Å². The predicted octanol–water partition coefficient (Wildman–Crippen LogP) is 4.70.